The molecule has 0 saturated heterocycles. The molecule has 0 radical (unpaired) electrons. The van der Waals surface area contributed by atoms with Crippen LogP contribution in [0, 0.1) is 23.2 Å². The lowest BCUT2D eigenvalue weighted by atomic mass is 9.49. The van der Waals surface area contributed by atoms with E-state index in [0.717, 1.165) is 37.0 Å². The Morgan fingerprint density at radius 3 is 1.76 bits per heavy atom. The molecule has 4 bridgehead atoms. The molecule has 0 aromatic rings. The van der Waals surface area contributed by atoms with E-state index in [9.17, 15) is 9.90 Å². The summed E-state index contributed by atoms with van der Waals surface area (Å²) in [6.45, 7) is 1.54. The van der Waals surface area contributed by atoms with Gasteiger partial charge in [-0.15, -0.1) is 0 Å². The first-order chi connectivity index (χ1) is 8.00. The second-order valence-electron chi connectivity index (χ2n) is 6.48. The summed E-state index contributed by atoms with van der Waals surface area (Å²) < 4.78 is 0. The third-order valence-corrected chi connectivity index (χ3v) is 5.22. The van der Waals surface area contributed by atoms with Gasteiger partial charge in [-0.2, -0.15) is 0 Å². The summed E-state index contributed by atoms with van der Waals surface area (Å²) in [6, 6.07) is 0. The summed E-state index contributed by atoms with van der Waals surface area (Å²) in [5, 5.41) is 19.4. The van der Waals surface area contributed by atoms with E-state index in [4.69, 9.17) is 5.11 Å². The summed E-state index contributed by atoms with van der Waals surface area (Å²) >= 11 is 0. The Morgan fingerprint density at radius 2 is 1.41 bits per heavy atom. The van der Waals surface area contributed by atoms with E-state index in [1.807, 2.05) is 0 Å². The lowest BCUT2D eigenvalue weighted by Crippen LogP contribution is -2.47. The monoisotopic (exact) mass is 236 g/mol. The van der Waals surface area contributed by atoms with Gasteiger partial charge in [0.05, 0.1) is 5.57 Å². The number of carboxylic acids is 1. The Bertz CT molecular complexity index is 359. The van der Waals surface area contributed by atoms with Crippen molar-refractivity contribution in [2.45, 2.75) is 45.4 Å². The molecule has 3 nitrogen and oxygen atoms in total. The van der Waals surface area contributed by atoms with Crippen molar-refractivity contribution in [3.63, 3.8) is 0 Å². The van der Waals surface area contributed by atoms with E-state index in [1.165, 1.54) is 26.2 Å². The number of aliphatic hydroxyl groups is 1. The second-order valence-corrected chi connectivity index (χ2v) is 6.48. The van der Waals surface area contributed by atoms with Gasteiger partial charge in [-0.3, -0.25) is 0 Å². The van der Waals surface area contributed by atoms with Gasteiger partial charge in [0.25, 0.3) is 0 Å². The van der Waals surface area contributed by atoms with E-state index >= 15 is 0 Å². The Morgan fingerprint density at radius 1 is 1.00 bits per heavy atom. The van der Waals surface area contributed by atoms with Crippen LogP contribution in [-0.4, -0.2) is 16.2 Å². The van der Waals surface area contributed by atoms with Crippen LogP contribution in [0.2, 0.25) is 0 Å². The van der Waals surface area contributed by atoms with Crippen molar-refractivity contribution in [2.75, 3.05) is 0 Å². The number of rotatable bonds is 2. The predicted molar refractivity (Wildman–Crippen MR) is 63.6 cm³/mol. The molecule has 4 fully saturated rings. The van der Waals surface area contributed by atoms with Crippen LogP contribution in [0.5, 0.6) is 0 Å². The van der Waals surface area contributed by atoms with E-state index in [0.29, 0.717) is 0 Å². The molecule has 4 saturated carbocycles. The smallest absolute Gasteiger partial charge is 0.334 e. The topological polar surface area (TPSA) is 57.5 Å². The highest BCUT2D eigenvalue weighted by Gasteiger charge is 2.53. The number of carbonyl (C=O) groups is 1. The highest BCUT2D eigenvalue weighted by molar-refractivity contribution is 5.86. The van der Waals surface area contributed by atoms with Gasteiger partial charge >= 0.3 is 5.97 Å². The highest BCUT2D eigenvalue weighted by atomic mass is 16.4. The van der Waals surface area contributed by atoms with E-state index in [-0.39, 0.29) is 16.7 Å². The van der Waals surface area contributed by atoms with Crippen LogP contribution in [0.4, 0.5) is 0 Å². The molecule has 0 atom stereocenters. The zero-order valence-corrected chi connectivity index (χ0v) is 10.3. The molecule has 4 aliphatic carbocycles. The summed E-state index contributed by atoms with van der Waals surface area (Å²) in [5.74, 6) is 1.39. The lowest BCUT2D eigenvalue weighted by Gasteiger charge is -2.56. The first kappa shape index (κ1) is 11.1. The number of allylic oxidation sites excluding steroid dienone is 1. The van der Waals surface area contributed by atoms with Crippen LogP contribution in [0.25, 0.3) is 0 Å². The Labute approximate surface area is 102 Å². The van der Waals surface area contributed by atoms with E-state index < -0.39 is 5.97 Å². The Kier molecular flexibility index (Phi) is 2.29. The van der Waals surface area contributed by atoms with Gasteiger partial charge in [-0.1, -0.05) is 0 Å². The summed E-state index contributed by atoms with van der Waals surface area (Å²) in [4.78, 5) is 11.0. The van der Waals surface area contributed by atoms with E-state index in [1.54, 1.807) is 0 Å². The molecule has 0 aromatic carbocycles. The number of carboxylic acid groups (broad SMARTS) is 1. The minimum atomic E-state index is -0.974. The third kappa shape index (κ3) is 1.59. The minimum Gasteiger partial charge on any atom is -0.511 e. The Balaban J connectivity index is 1.97. The molecule has 4 aliphatic rings. The van der Waals surface area contributed by atoms with Crippen molar-refractivity contribution < 1.29 is 15.0 Å². The predicted octanol–water partition coefficient (Wildman–Crippen LogP) is 3.12. The van der Waals surface area contributed by atoms with Crippen LogP contribution in [0.1, 0.15) is 45.4 Å². The average molecular weight is 236 g/mol. The van der Waals surface area contributed by atoms with Gasteiger partial charge in [-0.25, -0.2) is 4.79 Å². The molecule has 94 valence electrons. The van der Waals surface area contributed by atoms with Crippen molar-refractivity contribution >= 4 is 5.97 Å². The number of aliphatic hydroxyl groups excluding tert-OH is 1. The van der Waals surface area contributed by atoms with Crippen LogP contribution in [-0.2, 0) is 4.79 Å². The highest BCUT2D eigenvalue weighted by Crippen LogP contribution is 2.62. The molecule has 0 spiro atoms. The van der Waals surface area contributed by atoms with Crippen LogP contribution >= 0.6 is 0 Å². The maximum absolute atomic E-state index is 11.0. The van der Waals surface area contributed by atoms with E-state index in [2.05, 4.69) is 0 Å². The molecule has 0 aliphatic heterocycles. The van der Waals surface area contributed by atoms with Gasteiger partial charge < -0.3 is 10.2 Å². The van der Waals surface area contributed by atoms with Crippen molar-refractivity contribution in [1.82, 2.24) is 0 Å². The molecular weight excluding hydrogens is 216 g/mol. The second kappa shape index (κ2) is 3.50. The zero-order valence-electron chi connectivity index (χ0n) is 10.3. The molecule has 0 aromatic heterocycles. The first-order valence-corrected chi connectivity index (χ1v) is 6.64. The average Bonchev–Trinajstić information content (AvgIpc) is 2.25. The van der Waals surface area contributed by atoms with Gasteiger partial charge in [0.2, 0.25) is 0 Å². The van der Waals surface area contributed by atoms with Gasteiger partial charge in [0.1, 0.15) is 5.76 Å². The molecule has 3 heteroatoms. The summed E-state index contributed by atoms with van der Waals surface area (Å²) in [6.07, 6.45) is 6.94. The normalized spacial score (nSPS) is 44.6. The molecule has 0 heterocycles. The fraction of sp³-hybridized carbons (Fsp3) is 0.786. The van der Waals surface area contributed by atoms with Crippen LogP contribution in [0.3, 0.4) is 0 Å². The lowest BCUT2D eigenvalue weighted by molar-refractivity contribution is -0.133. The fourth-order valence-corrected chi connectivity index (χ4v) is 4.90. The molecule has 4 rings (SSSR count). The summed E-state index contributed by atoms with van der Waals surface area (Å²) in [5.41, 5.74) is -0.0241. The standard InChI is InChI=1S/C14H20O3/c1-8(13(16)17)12(15)14-5-9-2-10(6-14)4-11(3-9)7-14/h9-11,15H,2-7H2,1H3,(H,16,17). The molecule has 0 amide bonds. The Hall–Kier alpha value is -0.990. The zero-order chi connectivity index (χ0) is 12.2. The maximum Gasteiger partial charge on any atom is 0.334 e. The van der Waals surface area contributed by atoms with Gasteiger partial charge in [0, 0.05) is 5.41 Å². The summed E-state index contributed by atoms with van der Waals surface area (Å²) in [7, 11) is 0. The quantitative estimate of drug-likeness (QED) is 0.572. The third-order valence-electron chi connectivity index (χ3n) is 5.22. The number of hydrogen-bond donors (Lipinski definition) is 2. The van der Waals surface area contributed by atoms with Crippen molar-refractivity contribution in [2.24, 2.45) is 23.2 Å². The van der Waals surface area contributed by atoms with Gasteiger partial charge in [-0.05, 0) is 63.2 Å². The van der Waals surface area contributed by atoms with Crippen molar-refractivity contribution in [3.05, 3.63) is 11.3 Å². The number of hydrogen-bond acceptors (Lipinski definition) is 2. The van der Waals surface area contributed by atoms with Crippen LogP contribution in [0.15, 0.2) is 11.3 Å². The molecule has 2 N–H and O–H groups in total. The number of aliphatic carboxylic acids is 1. The van der Waals surface area contributed by atoms with Crippen molar-refractivity contribution in [1.29, 1.82) is 0 Å². The van der Waals surface area contributed by atoms with Gasteiger partial charge in [0.15, 0.2) is 0 Å². The molecule has 0 unspecified atom stereocenters. The fourth-order valence-electron chi connectivity index (χ4n) is 4.90. The molecular formula is C14H20O3. The molecule has 17 heavy (non-hydrogen) atoms. The maximum atomic E-state index is 11.0. The van der Waals surface area contributed by atoms with Crippen LogP contribution < -0.4 is 0 Å². The minimum absolute atomic E-state index is 0.159. The largest absolute Gasteiger partial charge is 0.511 e. The van der Waals surface area contributed by atoms with Crippen molar-refractivity contribution in [3.8, 4) is 0 Å². The SMILES string of the molecule is CC(C(=O)O)=C(O)C12CC3CC(CC(C3)C1)C2. The first-order valence-electron chi connectivity index (χ1n) is 6.64.